The Morgan fingerprint density at radius 3 is 2.20 bits per heavy atom. The van der Waals surface area contributed by atoms with E-state index < -0.39 is 5.60 Å². The highest BCUT2D eigenvalue weighted by molar-refractivity contribution is 14.0. The normalized spacial score (nSPS) is 17.9. The van der Waals surface area contributed by atoms with E-state index in [-0.39, 0.29) is 41.4 Å². The van der Waals surface area contributed by atoms with Gasteiger partial charge < -0.3 is 21.1 Å². The first-order valence-corrected chi connectivity index (χ1v) is 6.65. The van der Waals surface area contributed by atoms with Crippen molar-refractivity contribution < 1.29 is 9.53 Å². The molecule has 118 valence electrons. The molecule has 0 aliphatic carbocycles. The molecule has 20 heavy (non-hydrogen) atoms. The second kappa shape index (κ2) is 7.33. The molecular formula is C13H27IN4O2. The van der Waals surface area contributed by atoms with E-state index in [0.29, 0.717) is 19.6 Å². The SMILES string of the molecule is CC1(CN=C(N)N)CCN(C(=O)OC(C)(C)C)CC1.I. The van der Waals surface area contributed by atoms with Gasteiger partial charge in [-0.1, -0.05) is 6.92 Å². The van der Waals surface area contributed by atoms with E-state index in [2.05, 4.69) is 11.9 Å². The van der Waals surface area contributed by atoms with Gasteiger partial charge in [0.15, 0.2) is 5.96 Å². The number of piperidine rings is 1. The number of guanidine groups is 1. The maximum absolute atomic E-state index is 11.9. The molecule has 1 amide bonds. The van der Waals surface area contributed by atoms with Crippen molar-refractivity contribution in [3.63, 3.8) is 0 Å². The first-order valence-electron chi connectivity index (χ1n) is 6.65. The van der Waals surface area contributed by atoms with Gasteiger partial charge >= 0.3 is 6.09 Å². The van der Waals surface area contributed by atoms with Crippen LogP contribution in [0.4, 0.5) is 4.79 Å². The van der Waals surface area contributed by atoms with Gasteiger partial charge in [-0.05, 0) is 39.0 Å². The molecule has 4 N–H and O–H groups in total. The van der Waals surface area contributed by atoms with Crippen LogP contribution in [0.15, 0.2) is 4.99 Å². The van der Waals surface area contributed by atoms with Crippen molar-refractivity contribution in [2.45, 2.75) is 46.1 Å². The van der Waals surface area contributed by atoms with Crippen LogP contribution in [0, 0.1) is 5.41 Å². The number of aliphatic imine (C=N–C) groups is 1. The molecule has 1 heterocycles. The molecule has 0 atom stereocenters. The Morgan fingerprint density at radius 2 is 1.80 bits per heavy atom. The molecule has 0 bridgehead atoms. The average molecular weight is 398 g/mol. The summed E-state index contributed by atoms with van der Waals surface area (Å²) in [6.07, 6.45) is 1.52. The van der Waals surface area contributed by atoms with Crippen molar-refractivity contribution in [2.24, 2.45) is 21.9 Å². The minimum Gasteiger partial charge on any atom is -0.444 e. The largest absolute Gasteiger partial charge is 0.444 e. The lowest BCUT2D eigenvalue weighted by Crippen LogP contribution is -2.45. The monoisotopic (exact) mass is 398 g/mol. The molecule has 1 rings (SSSR count). The van der Waals surface area contributed by atoms with E-state index in [4.69, 9.17) is 16.2 Å². The van der Waals surface area contributed by atoms with Crippen LogP contribution >= 0.6 is 24.0 Å². The van der Waals surface area contributed by atoms with Crippen molar-refractivity contribution in [2.75, 3.05) is 19.6 Å². The Hall–Kier alpha value is -0.730. The van der Waals surface area contributed by atoms with E-state index in [1.54, 1.807) is 4.90 Å². The lowest BCUT2D eigenvalue weighted by atomic mass is 9.80. The van der Waals surface area contributed by atoms with Gasteiger partial charge in [0.05, 0.1) is 0 Å². The zero-order valence-electron chi connectivity index (χ0n) is 12.8. The van der Waals surface area contributed by atoms with Crippen LogP contribution in [0.1, 0.15) is 40.5 Å². The smallest absolute Gasteiger partial charge is 0.410 e. The fourth-order valence-electron chi connectivity index (χ4n) is 2.00. The number of nitrogens with two attached hydrogens (primary N) is 2. The molecule has 0 saturated carbocycles. The number of amides is 1. The number of likely N-dealkylation sites (tertiary alicyclic amines) is 1. The summed E-state index contributed by atoms with van der Waals surface area (Å²) in [6.45, 7) is 9.74. The minimum absolute atomic E-state index is 0. The van der Waals surface area contributed by atoms with Crippen LogP contribution in [0.3, 0.4) is 0 Å². The molecule has 1 fully saturated rings. The van der Waals surface area contributed by atoms with Gasteiger partial charge in [-0.15, -0.1) is 24.0 Å². The lowest BCUT2D eigenvalue weighted by Gasteiger charge is -2.38. The van der Waals surface area contributed by atoms with E-state index in [1.807, 2.05) is 20.8 Å². The second-order valence-electron chi connectivity index (χ2n) is 6.52. The zero-order valence-corrected chi connectivity index (χ0v) is 15.1. The number of carbonyl (C=O) groups excluding carboxylic acids is 1. The number of carbonyl (C=O) groups is 1. The van der Waals surface area contributed by atoms with E-state index in [1.165, 1.54) is 0 Å². The molecule has 6 nitrogen and oxygen atoms in total. The summed E-state index contributed by atoms with van der Waals surface area (Å²) in [6, 6.07) is 0. The Morgan fingerprint density at radius 1 is 1.30 bits per heavy atom. The molecule has 0 aromatic rings. The van der Waals surface area contributed by atoms with Crippen molar-refractivity contribution in [1.82, 2.24) is 4.90 Å². The number of ether oxygens (including phenoxy) is 1. The third kappa shape index (κ3) is 6.62. The number of rotatable bonds is 2. The second-order valence-corrected chi connectivity index (χ2v) is 6.52. The van der Waals surface area contributed by atoms with Gasteiger partial charge in [-0.25, -0.2) is 4.79 Å². The predicted octanol–water partition coefficient (Wildman–Crippen LogP) is 1.91. The van der Waals surface area contributed by atoms with Gasteiger partial charge in [0.1, 0.15) is 5.60 Å². The van der Waals surface area contributed by atoms with Gasteiger partial charge in [-0.3, -0.25) is 4.99 Å². The molecule has 1 aliphatic rings. The molecule has 0 aromatic heterocycles. The number of nitrogens with zero attached hydrogens (tertiary/aromatic N) is 2. The van der Waals surface area contributed by atoms with Crippen LogP contribution in [0.2, 0.25) is 0 Å². The standard InChI is InChI=1S/C13H26N4O2.HI/c1-12(2,3)19-11(18)17-7-5-13(4,6-8-17)9-16-10(14)15;/h5-9H2,1-4H3,(H4,14,15,16);1H. The van der Waals surface area contributed by atoms with Gasteiger partial charge in [0, 0.05) is 19.6 Å². The van der Waals surface area contributed by atoms with Gasteiger partial charge in [-0.2, -0.15) is 0 Å². The van der Waals surface area contributed by atoms with Crippen LogP contribution in [-0.4, -0.2) is 42.2 Å². The Balaban J connectivity index is 0.00000361. The van der Waals surface area contributed by atoms with Crippen LogP contribution < -0.4 is 11.5 Å². The molecular weight excluding hydrogens is 371 g/mol. The Kier molecular flexibility index (Phi) is 7.06. The van der Waals surface area contributed by atoms with Gasteiger partial charge in [0.25, 0.3) is 0 Å². The third-order valence-electron chi connectivity index (χ3n) is 3.27. The quantitative estimate of drug-likeness (QED) is 0.422. The molecule has 0 aromatic carbocycles. The zero-order chi connectivity index (χ0) is 14.7. The molecule has 1 saturated heterocycles. The highest BCUT2D eigenvalue weighted by Crippen LogP contribution is 2.31. The maximum atomic E-state index is 11.9. The predicted molar refractivity (Wildman–Crippen MR) is 91.2 cm³/mol. The van der Waals surface area contributed by atoms with Crippen molar-refractivity contribution >= 4 is 36.0 Å². The summed E-state index contributed by atoms with van der Waals surface area (Å²) in [5, 5.41) is 0. The molecule has 1 aliphatic heterocycles. The third-order valence-corrected chi connectivity index (χ3v) is 3.27. The van der Waals surface area contributed by atoms with Crippen LogP contribution in [-0.2, 0) is 4.74 Å². The summed E-state index contributed by atoms with van der Waals surface area (Å²) >= 11 is 0. The first-order chi connectivity index (χ1) is 8.61. The average Bonchev–Trinajstić information content (AvgIpc) is 2.25. The molecule has 0 unspecified atom stereocenters. The Bertz CT molecular complexity index is 354. The number of hydrogen-bond donors (Lipinski definition) is 2. The van der Waals surface area contributed by atoms with Crippen LogP contribution in [0.5, 0.6) is 0 Å². The summed E-state index contributed by atoms with van der Waals surface area (Å²) in [5.74, 6) is 0.121. The van der Waals surface area contributed by atoms with Gasteiger partial charge in [0.2, 0.25) is 0 Å². The summed E-state index contributed by atoms with van der Waals surface area (Å²) < 4.78 is 5.36. The summed E-state index contributed by atoms with van der Waals surface area (Å²) in [5.41, 5.74) is 10.3. The fourth-order valence-corrected chi connectivity index (χ4v) is 2.00. The molecule has 0 radical (unpaired) electrons. The Labute approximate surface area is 138 Å². The fraction of sp³-hybridized carbons (Fsp3) is 0.846. The molecule has 0 spiro atoms. The van der Waals surface area contributed by atoms with E-state index in [9.17, 15) is 4.79 Å². The summed E-state index contributed by atoms with van der Waals surface area (Å²) in [4.78, 5) is 17.8. The number of hydrogen-bond acceptors (Lipinski definition) is 3. The van der Waals surface area contributed by atoms with Crippen molar-refractivity contribution in [3.05, 3.63) is 0 Å². The minimum atomic E-state index is -0.448. The highest BCUT2D eigenvalue weighted by atomic mass is 127. The van der Waals surface area contributed by atoms with E-state index >= 15 is 0 Å². The van der Waals surface area contributed by atoms with Crippen LogP contribution in [0.25, 0.3) is 0 Å². The van der Waals surface area contributed by atoms with E-state index in [0.717, 1.165) is 12.8 Å². The molecule has 7 heteroatoms. The highest BCUT2D eigenvalue weighted by Gasteiger charge is 2.33. The number of halogens is 1. The lowest BCUT2D eigenvalue weighted by molar-refractivity contribution is 0.0127. The van der Waals surface area contributed by atoms with Crippen molar-refractivity contribution in [1.29, 1.82) is 0 Å². The summed E-state index contributed by atoms with van der Waals surface area (Å²) in [7, 11) is 0. The van der Waals surface area contributed by atoms with Crippen molar-refractivity contribution in [3.8, 4) is 0 Å². The first kappa shape index (κ1) is 19.3. The topological polar surface area (TPSA) is 93.9 Å². The maximum Gasteiger partial charge on any atom is 0.410 e.